The third kappa shape index (κ3) is 2.03. The van der Waals surface area contributed by atoms with E-state index in [0.717, 1.165) is 5.69 Å². The van der Waals surface area contributed by atoms with Gasteiger partial charge in [0.05, 0.1) is 16.9 Å². The minimum absolute atomic E-state index is 0.0914. The fraction of sp³-hybridized carbons (Fsp3) is 0.364. The van der Waals surface area contributed by atoms with Crippen molar-refractivity contribution in [3.8, 4) is 0 Å². The zero-order valence-electron chi connectivity index (χ0n) is 9.55. The number of hydrogen-bond donors (Lipinski definition) is 3. The van der Waals surface area contributed by atoms with Crippen molar-refractivity contribution < 1.29 is 4.42 Å². The van der Waals surface area contributed by atoms with Gasteiger partial charge in [0.2, 0.25) is 0 Å². The van der Waals surface area contributed by atoms with Crippen LogP contribution in [0.5, 0.6) is 0 Å². The van der Waals surface area contributed by atoms with Gasteiger partial charge in [-0.1, -0.05) is 0 Å². The lowest BCUT2D eigenvalue weighted by molar-refractivity contribution is 0.555. The van der Waals surface area contributed by atoms with Gasteiger partial charge in [0.15, 0.2) is 5.58 Å². The van der Waals surface area contributed by atoms with Gasteiger partial charge in [0, 0.05) is 11.6 Å². The van der Waals surface area contributed by atoms with Crippen LogP contribution >= 0.6 is 0 Å². The Kier molecular flexibility index (Phi) is 2.18. The fourth-order valence-electron chi connectivity index (χ4n) is 1.53. The molecule has 0 aliphatic rings. The summed E-state index contributed by atoms with van der Waals surface area (Å²) in [6.07, 6.45) is 0. The number of aromatic amines is 1. The average Bonchev–Trinajstić information content (AvgIpc) is 2.42. The minimum Gasteiger partial charge on any atom is -0.408 e. The quantitative estimate of drug-likeness (QED) is 0.642. The molecule has 16 heavy (non-hydrogen) atoms. The molecular formula is C11H15N3O2. The van der Waals surface area contributed by atoms with Crippen LogP contribution < -0.4 is 16.8 Å². The van der Waals surface area contributed by atoms with E-state index < -0.39 is 5.76 Å². The molecule has 2 aromatic rings. The number of rotatable bonds is 1. The van der Waals surface area contributed by atoms with Crippen molar-refractivity contribution >= 4 is 22.5 Å². The average molecular weight is 221 g/mol. The van der Waals surface area contributed by atoms with Crippen LogP contribution in [0.25, 0.3) is 11.1 Å². The highest BCUT2D eigenvalue weighted by Crippen LogP contribution is 2.26. The zero-order valence-corrected chi connectivity index (χ0v) is 9.55. The first-order valence-corrected chi connectivity index (χ1v) is 5.06. The Morgan fingerprint density at radius 2 is 2.06 bits per heavy atom. The van der Waals surface area contributed by atoms with Crippen molar-refractivity contribution in [2.45, 2.75) is 26.3 Å². The summed E-state index contributed by atoms with van der Waals surface area (Å²) in [5, 5.41) is 3.26. The van der Waals surface area contributed by atoms with Crippen LogP contribution in [0.1, 0.15) is 20.8 Å². The molecule has 0 atom stereocenters. The standard InChI is InChI=1S/C11H15N3O2/c1-11(2,3)14-7-5-8-9(4-6(7)12)16-10(15)13-8/h4-5,14H,12H2,1-3H3,(H,13,15). The van der Waals surface area contributed by atoms with Crippen LogP contribution in [0.15, 0.2) is 21.3 Å². The highest BCUT2D eigenvalue weighted by atomic mass is 16.4. The van der Waals surface area contributed by atoms with Crippen molar-refractivity contribution in [2.75, 3.05) is 11.1 Å². The molecule has 1 heterocycles. The third-order valence-electron chi connectivity index (χ3n) is 2.10. The minimum atomic E-state index is -0.470. The van der Waals surface area contributed by atoms with E-state index in [0.29, 0.717) is 16.8 Å². The third-order valence-corrected chi connectivity index (χ3v) is 2.10. The first-order chi connectivity index (χ1) is 7.35. The summed E-state index contributed by atoms with van der Waals surface area (Å²) in [6.45, 7) is 6.11. The molecule has 0 saturated carbocycles. The van der Waals surface area contributed by atoms with Crippen molar-refractivity contribution in [1.29, 1.82) is 0 Å². The molecule has 5 nitrogen and oxygen atoms in total. The van der Waals surface area contributed by atoms with Crippen LogP contribution in [-0.4, -0.2) is 10.5 Å². The fourth-order valence-corrected chi connectivity index (χ4v) is 1.53. The lowest BCUT2D eigenvalue weighted by Crippen LogP contribution is -2.26. The maximum atomic E-state index is 11.0. The van der Waals surface area contributed by atoms with E-state index in [1.807, 2.05) is 20.8 Å². The Morgan fingerprint density at radius 1 is 1.38 bits per heavy atom. The Labute approximate surface area is 92.6 Å². The van der Waals surface area contributed by atoms with Crippen LogP contribution in [0.3, 0.4) is 0 Å². The molecule has 1 aromatic carbocycles. The molecule has 0 aliphatic carbocycles. The topological polar surface area (TPSA) is 84.0 Å². The lowest BCUT2D eigenvalue weighted by Gasteiger charge is -2.23. The maximum absolute atomic E-state index is 11.0. The van der Waals surface area contributed by atoms with Crippen LogP contribution in [0.2, 0.25) is 0 Å². The molecule has 86 valence electrons. The van der Waals surface area contributed by atoms with Crippen molar-refractivity contribution in [1.82, 2.24) is 4.98 Å². The molecule has 0 saturated heterocycles. The Morgan fingerprint density at radius 3 is 2.69 bits per heavy atom. The van der Waals surface area contributed by atoms with Gasteiger partial charge in [-0.05, 0) is 26.8 Å². The Hall–Kier alpha value is -1.91. The second-order valence-corrected chi connectivity index (χ2v) is 4.83. The molecule has 5 heteroatoms. The van der Waals surface area contributed by atoms with Gasteiger partial charge in [-0.3, -0.25) is 4.98 Å². The summed E-state index contributed by atoms with van der Waals surface area (Å²) in [6, 6.07) is 3.42. The van der Waals surface area contributed by atoms with E-state index in [-0.39, 0.29) is 5.54 Å². The summed E-state index contributed by atoms with van der Waals surface area (Å²) >= 11 is 0. The second-order valence-electron chi connectivity index (χ2n) is 4.83. The summed E-state index contributed by atoms with van der Waals surface area (Å²) in [4.78, 5) is 13.6. The van der Waals surface area contributed by atoms with E-state index in [1.165, 1.54) is 0 Å². The SMILES string of the molecule is CC(C)(C)Nc1cc2[nH]c(=O)oc2cc1N. The van der Waals surface area contributed by atoms with Gasteiger partial charge >= 0.3 is 5.76 Å². The number of H-pyrrole nitrogens is 1. The van der Waals surface area contributed by atoms with Crippen LogP contribution in [-0.2, 0) is 0 Å². The van der Waals surface area contributed by atoms with Gasteiger partial charge in [0.25, 0.3) is 0 Å². The molecule has 2 rings (SSSR count). The Bertz CT molecular complexity index is 575. The summed E-state index contributed by atoms with van der Waals surface area (Å²) < 4.78 is 4.91. The number of nitrogens with one attached hydrogen (secondary N) is 2. The summed E-state index contributed by atoms with van der Waals surface area (Å²) in [5.41, 5.74) is 8.24. The number of fused-ring (bicyclic) bond motifs is 1. The molecule has 0 fully saturated rings. The number of nitrogens with two attached hydrogens (primary N) is 1. The number of aromatic nitrogens is 1. The van der Waals surface area contributed by atoms with Gasteiger partial charge < -0.3 is 15.5 Å². The molecular weight excluding hydrogens is 206 g/mol. The van der Waals surface area contributed by atoms with Crippen LogP contribution in [0.4, 0.5) is 11.4 Å². The molecule has 1 aromatic heterocycles. The van der Waals surface area contributed by atoms with Gasteiger partial charge in [-0.25, -0.2) is 4.79 Å². The number of nitrogen functional groups attached to an aromatic ring is 1. The highest BCUT2D eigenvalue weighted by Gasteiger charge is 2.13. The predicted molar refractivity (Wildman–Crippen MR) is 64.6 cm³/mol. The van der Waals surface area contributed by atoms with Gasteiger partial charge in [-0.2, -0.15) is 0 Å². The van der Waals surface area contributed by atoms with E-state index in [2.05, 4.69) is 10.3 Å². The molecule has 0 unspecified atom stereocenters. The predicted octanol–water partition coefficient (Wildman–Crippen LogP) is 1.91. The second kappa shape index (κ2) is 3.30. The number of benzene rings is 1. The smallest absolute Gasteiger partial charge is 0.408 e. The van der Waals surface area contributed by atoms with E-state index in [1.54, 1.807) is 12.1 Å². The lowest BCUT2D eigenvalue weighted by atomic mass is 10.1. The Balaban J connectivity index is 2.53. The maximum Gasteiger partial charge on any atom is 0.417 e. The number of anilines is 2. The molecule has 0 spiro atoms. The normalized spacial score (nSPS) is 11.9. The summed E-state index contributed by atoms with van der Waals surface area (Å²) in [7, 11) is 0. The molecule has 0 bridgehead atoms. The van der Waals surface area contributed by atoms with Crippen molar-refractivity contribution in [2.24, 2.45) is 0 Å². The highest BCUT2D eigenvalue weighted by molar-refractivity contribution is 5.85. The first kappa shape index (κ1) is 10.6. The summed E-state index contributed by atoms with van der Waals surface area (Å²) in [5.74, 6) is -0.470. The molecule has 4 N–H and O–H groups in total. The zero-order chi connectivity index (χ0) is 11.9. The van der Waals surface area contributed by atoms with Gasteiger partial charge in [-0.15, -0.1) is 0 Å². The van der Waals surface area contributed by atoms with Crippen LogP contribution in [0, 0.1) is 0 Å². The molecule has 0 radical (unpaired) electrons. The molecule has 0 amide bonds. The van der Waals surface area contributed by atoms with E-state index >= 15 is 0 Å². The van der Waals surface area contributed by atoms with Gasteiger partial charge in [0.1, 0.15) is 0 Å². The molecule has 0 aliphatic heterocycles. The number of oxazole rings is 1. The largest absolute Gasteiger partial charge is 0.417 e. The van der Waals surface area contributed by atoms with E-state index in [9.17, 15) is 4.79 Å². The van der Waals surface area contributed by atoms with Crippen molar-refractivity contribution in [3.63, 3.8) is 0 Å². The first-order valence-electron chi connectivity index (χ1n) is 5.06. The van der Waals surface area contributed by atoms with E-state index in [4.69, 9.17) is 10.2 Å². The monoisotopic (exact) mass is 221 g/mol. The number of hydrogen-bond acceptors (Lipinski definition) is 4. The van der Waals surface area contributed by atoms with Crippen molar-refractivity contribution in [3.05, 3.63) is 22.7 Å².